The molecule has 116 valence electrons. The predicted octanol–water partition coefficient (Wildman–Crippen LogP) is 2.19. The molecule has 1 aliphatic heterocycles. The quantitative estimate of drug-likeness (QED) is 0.822. The highest BCUT2D eigenvalue weighted by atomic mass is 32.2. The van der Waals surface area contributed by atoms with Crippen LogP contribution < -0.4 is 5.32 Å². The predicted molar refractivity (Wildman–Crippen MR) is 81.9 cm³/mol. The molecule has 0 bridgehead atoms. The maximum absolute atomic E-state index is 12.2. The van der Waals surface area contributed by atoms with Crippen molar-refractivity contribution in [3.05, 3.63) is 29.8 Å². The van der Waals surface area contributed by atoms with Crippen LogP contribution in [-0.4, -0.2) is 31.4 Å². The first kappa shape index (κ1) is 15.0. The summed E-state index contributed by atoms with van der Waals surface area (Å²) in [5, 5.41) is 13.8. The second-order valence-electron chi connectivity index (χ2n) is 6.18. The first-order chi connectivity index (χ1) is 10.1. The van der Waals surface area contributed by atoms with E-state index in [1.54, 1.807) is 12.1 Å². The molecule has 4 nitrogen and oxygen atoms in total. The lowest BCUT2D eigenvalue weighted by Gasteiger charge is -2.32. The lowest BCUT2D eigenvalue weighted by molar-refractivity contribution is 0.113. The molecule has 2 N–H and O–H groups in total. The number of aliphatic hydroxyl groups excluding tert-OH is 1. The molecule has 1 fully saturated rings. The minimum absolute atomic E-state index is 0.0301. The van der Waals surface area contributed by atoms with Gasteiger partial charge in [0.1, 0.15) is 0 Å². The molecule has 1 aromatic rings. The molecule has 1 aromatic carbocycles. The van der Waals surface area contributed by atoms with Gasteiger partial charge in [0.25, 0.3) is 0 Å². The molecule has 21 heavy (non-hydrogen) atoms. The summed E-state index contributed by atoms with van der Waals surface area (Å²) in [6, 6.07) is 7.36. The van der Waals surface area contributed by atoms with Gasteiger partial charge in [-0.1, -0.05) is 37.5 Å². The van der Waals surface area contributed by atoms with Crippen LogP contribution in [0.15, 0.2) is 29.2 Å². The van der Waals surface area contributed by atoms with E-state index in [4.69, 9.17) is 0 Å². The molecule has 0 saturated heterocycles. The van der Waals surface area contributed by atoms with Gasteiger partial charge in [-0.05, 0) is 30.9 Å². The first-order valence-corrected chi connectivity index (χ1v) is 9.49. The summed E-state index contributed by atoms with van der Waals surface area (Å²) in [6.45, 7) is 0. The number of benzene rings is 1. The summed E-state index contributed by atoms with van der Waals surface area (Å²) < 4.78 is 24.3. The highest BCUT2D eigenvalue weighted by molar-refractivity contribution is 7.91. The number of hydrogen-bond acceptors (Lipinski definition) is 4. The number of aliphatic hydroxyl groups is 1. The summed E-state index contributed by atoms with van der Waals surface area (Å²) in [6.07, 6.45) is 5.44. The number of sulfone groups is 1. The fourth-order valence-electron chi connectivity index (χ4n) is 3.50. The lowest BCUT2D eigenvalue weighted by atomic mass is 9.99. The summed E-state index contributed by atoms with van der Waals surface area (Å²) in [4.78, 5) is 0.455. The average Bonchev–Trinajstić information content (AvgIpc) is 2.67. The highest BCUT2D eigenvalue weighted by Crippen LogP contribution is 2.33. The van der Waals surface area contributed by atoms with E-state index >= 15 is 0 Å². The van der Waals surface area contributed by atoms with E-state index in [1.165, 1.54) is 6.42 Å². The van der Waals surface area contributed by atoms with Crippen molar-refractivity contribution < 1.29 is 13.5 Å². The van der Waals surface area contributed by atoms with E-state index in [0.29, 0.717) is 11.3 Å². The summed E-state index contributed by atoms with van der Waals surface area (Å²) >= 11 is 0. The zero-order valence-electron chi connectivity index (χ0n) is 12.2. The zero-order chi connectivity index (χ0) is 14.9. The largest absolute Gasteiger partial charge is 0.392 e. The van der Waals surface area contributed by atoms with Crippen LogP contribution in [0.4, 0.5) is 0 Å². The van der Waals surface area contributed by atoms with Crippen molar-refractivity contribution in [2.45, 2.75) is 61.6 Å². The Balaban J connectivity index is 1.83. The minimum Gasteiger partial charge on any atom is -0.392 e. The zero-order valence-corrected chi connectivity index (χ0v) is 13.0. The van der Waals surface area contributed by atoms with E-state index in [9.17, 15) is 13.5 Å². The van der Waals surface area contributed by atoms with Crippen molar-refractivity contribution in [2.24, 2.45) is 0 Å². The highest BCUT2D eigenvalue weighted by Gasteiger charge is 2.32. The number of hydrogen-bond donors (Lipinski definition) is 2. The third kappa shape index (κ3) is 3.15. The van der Waals surface area contributed by atoms with Gasteiger partial charge in [0.05, 0.1) is 16.8 Å². The van der Waals surface area contributed by atoms with Crippen molar-refractivity contribution in [1.82, 2.24) is 5.32 Å². The van der Waals surface area contributed by atoms with Crippen molar-refractivity contribution in [3.8, 4) is 0 Å². The molecule has 0 spiro atoms. The first-order valence-electron chi connectivity index (χ1n) is 7.84. The molecule has 0 aromatic heterocycles. The summed E-state index contributed by atoms with van der Waals surface area (Å²) in [7, 11) is -3.14. The van der Waals surface area contributed by atoms with Crippen LogP contribution >= 0.6 is 0 Å². The molecule has 0 amide bonds. The normalized spacial score (nSPS) is 32.1. The topological polar surface area (TPSA) is 66.4 Å². The van der Waals surface area contributed by atoms with Crippen LogP contribution in [0.2, 0.25) is 0 Å². The van der Waals surface area contributed by atoms with Crippen LogP contribution in [0.25, 0.3) is 0 Å². The minimum atomic E-state index is -3.14. The van der Waals surface area contributed by atoms with Gasteiger partial charge >= 0.3 is 0 Å². The Kier molecular flexibility index (Phi) is 4.33. The molecule has 3 atom stereocenters. The molecule has 2 aliphatic rings. The molecule has 1 saturated carbocycles. The van der Waals surface area contributed by atoms with Gasteiger partial charge in [0.2, 0.25) is 0 Å². The van der Waals surface area contributed by atoms with Crippen molar-refractivity contribution in [2.75, 3.05) is 5.75 Å². The fourth-order valence-corrected chi connectivity index (χ4v) is 5.13. The van der Waals surface area contributed by atoms with Gasteiger partial charge in [-0.25, -0.2) is 8.42 Å². The van der Waals surface area contributed by atoms with E-state index in [-0.39, 0.29) is 23.9 Å². The standard InChI is InChI=1S/C16H23NO3S/c18-15-8-3-1-2-7-14(15)17-13-10-11-21(19,20)16-9-5-4-6-12(13)16/h4-6,9,13-15,17-18H,1-3,7-8,10-11H2. The number of rotatable bonds is 2. The van der Waals surface area contributed by atoms with Gasteiger partial charge < -0.3 is 10.4 Å². The van der Waals surface area contributed by atoms with Crippen LogP contribution in [0.5, 0.6) is 0 Å². The smallest absolute Gasteiger partial charge is 0.178 e. The second-order valence-corrected chi connectivity index (χ2v) is 8.25. The Bertz CT molecular complexity index is 599. The Labute approximate surface area is 126 Å². The van der Waals surface area contributed by atoms with Gasteiger partial charge in [0, 0.05) is 12.1 Å². The van der Waals surface area contributed by atoms with E-state index in [0.717, 1.165) is 31.2 Å². The van der Waals surface area contributed by atoms with Crippen molar-refractivity contribution >= 4 is 9.84 Å². The monoisotopic (exact) mass is 309 g/mol. The number of fused-ring (bicyclic) bond motifs is 1. The Morgan fingerprint density at radius 3 is 2.67 bits per heavy atom. The van der Waals surface area contributed by atoms with Crippen molar-refractivity contribution in [3.63, 3.8) is 0 Å². The van der Waals surface area contributed by atoms with E-state index in [2.05, 4.69) is 5.32 Å². The summed E-state index contributed by atoms with van der Waals surface area (Å²) in [5.74, 6) is 0.185. The van der Waals surface area contributed by atoms with Gasteiger partial charge in [0.15, 0.2) is 9.84 Å². The van der Waals surface area contributed by atoms with Crippen LogP contribution in [0, 0.1) is 0 Å². The van der Waals surface area contributed by atoms with E-state index in [1.807, 2.05) is 12.1 Å². The molecular weight excluding hydrogens is 286 g/mol. The molecule has 1 aliphatic carbocycles. The van der Waals surface area contributed by atoms with Crippen LogP contribution in [0.1, 0.15) is 50.1 Å². The maximum Gasteiger partial charge on any atom is 0.178 e. The maximum atomic E-state index is 12.2. The molecule has 1 heterocycles. The molecule has 5 heteroatoms. The molecule has 0 radical (unpaired) electrons. The Morgan fingerprint density at radius 1 is 1.05 bits per heavy atom. The average molecular weight is 309 g/mol. The second kappa shape index (κ2) is 6.07. The third-order valence-corrected chi connectivity index (χ3v) is 6.51. The number of nitrogens with one attached hydrogen (secondary N) is 1. The Hall–Kier alpha value is -0.910. The van der Waals surface area contributed by atoms with Crippen LogP contribution in [-0.2, 0) is 9.84 Å². The van der Waals surface area contributed by atoms with Gasteiger partial charge in [-0.3, -0.25) is 0 Å². The van der Waals surface area contributed by atoms with Gasteiger partial charge in [-0.2, -0.15) is 0 Å². The SMILES string of the molecule is O=S1(=O)CCC(NC2CCCCCC2O)c2ccccc21. The summed E-state index contributed by atoms with van der Waals surface area (Å²) in [5.41, 5.74) is 0.861. The lowest BCUT2D eigenvalue weighted by Crippen LogP contribution is -2.43. The van der Waals surface area contributed by atoms with Gasteiger partial charge in [-0.15, -0.1) is 0 Å². The molecule has 3 rings (SSSR count). The van der Waals surface area contributed by atoms with Crippen molar-refractivity contribution in [1.29, 1.82) is 0 Å². The molecule has 3 unspecified atom stereocenters. The Morgan fingerprint density at radius 2 is 1.81 bits per heavy atom. The van der Waals surface area contributed by atoms with E-state index < -0.39 is 9.84 Å². The third-order valence-electron chi connectivity index (χ3n) is 4.70. The molecular formula is C16H23NO3S. The fraction of sp³-hybridized carbons (Fsp3) is 0.625. The van der Waals surface area contributed by atoms with Crippen LogP contribution in [0.3, 0.4) is 0 Å².